The molecule has 1 spiro atoms. The zero-order valence-electron chi connectivity index (χ0n) is 29.4. The Labute approximate surface area is 281 Å². The van der Waals surface area contributed by atoms with Gasteiger partial charge in [0.2, 0.25) is 5.79 Å². The minimum absolute atomic E-state index is 0.151. The highest BCUT2D eigenvalue weighted by molar-refractivity contribution is 5.75. The fourth-order valence-corrected chi connectivity index (χ4v) is 10.8. The number of methoxy groups -OCH3 is 1. The first-order chi connectivity index (χ1) is 22.3. The van der Waals surface area contributed by atoms with Gasteiger partial charge in [-0.15, -0.1) is 0 Å². The minimum Gasteiger partial charge on any atom is -0.472 e. The number of ether oxygens (including phenoxy) is 5. The second kappa shape index (κ2) is 11.0. The van der Waals surface area contributed by atoms with Gasteiger partial charge in [0.15, 0.2) is 11.7 Å². The Hall–Kier alpha value is -2.96. The molecule has 2 saturated carbocycles. The van der Waals surface area contributed by atoms with E-state index >= 15 is 0 Å². The van der Waals surface area contributed by atoms with Crippen molar-refractivity contribution in [3.63, 3.8) is 0 Å². The minimum atomic E-state index is -2.51. The molecule has 12 atom stereocenters. The van der Waals surface area contributed by atoms with E-state index in [0.29, 0.717) is 24.8 Å². The highest BCUT2D eigenvalue weighted by Gasteiger charge is 2.96. The van der Waals surface area contributed by atoms with Crippen molar-refractivity contribution in [1.82, 2.24) is 0 Å². The zero-order valence-corrected chi connectivity index (χ0v) is 29.4. The van der Waals surface area contributed by atoms with Crippen LogP contribution in [0.3, 0.4) is 0 Å². The molecule has 266 valence electrons. The lowest BCUT2D eigenvalue weighted by Crippen LogP contribution is -2.85. The second-order valence-corrected chi connectivity index (χ2v) is 16.2. The van der Waals surface area contributed by atoms with E-state index in [1.165, 1.54) is 19.6 Å². The topological polar surface area (TPSA) is 168 Å². The average Bonchev–Trinajstić information content (AvgIpc) is 3.68. The lowest BCUT2D eigenvalue weighted by molar-refractivity contribution is -0.386. The van der Waals surface area contributed by atoms with Gasteiger partial charge in [0.25, 0.3) is 0 Å². The maximum Gasteiger partial charge on any atom is 0.309 e. The Kier molecular flexibility index (Phi) is 8.01. The molecule has 3 aliphatic heterocycles. The van der Waals surface area contributed by atoms with Gasteiger partial charge in [-0.05, 0) is 31.2 Å². The van der Waals surface area contributed by atoms with Gasteiger partial charge in [-0.1, -0.05) is 55.4 Å². The predicted molar refractivity (Wildman–Crippen MR) is 166 cm³/mol. The van der Waals surface area contributed by atoms with Gasteiger partial charge in [-0.25, -0.2) is 0 Å². The number of fused-ring (bicyclic) bond motifs is 2. The van der Waals surface area contributed by atoms with Gasteiger partial charge in [0.1, 0.15) is 17.8 Å². The Morgan fingerprint density at radius 3 is 2.27 bits per heavy atom. The molecular formula is C36H50O12. The molecule has 12 heteroatoms. The number of carbonyl (C=O) groups is 4. The monoisotopic (exact) mass is 674 g/mol. The Balaban J connectivity index is 1.64. The first kappa shape index (κ1) is 34.9. The van der Waals surface area contributed by atoms with Gasteiger partial charge in [0.05, 0.1) is 37.9 Å². The van der Waals surface area contributed by atoms with Gasteiger partial charge in [0, 0.05) is 40.1 Å². The van der Waals surface area contributed by atoms with Crippen molar-refractivity contribution in [1.29, 1.82) is 0 Å². The first-order valence-corrected chi connectivity index (χ1v) is 17.2. The van der Waals surface area contributed by atoms with Crippen molar-refractivity contribution >= 4 is 23.9 Å². The number of esters is 4. The van der Waals surface area contributed by atoms with Crippen LogP contribution in [0.2, 0.25) is 0 Å². The molecule has 2 N–H and O–H groups in total. The summed E-state index contributed by atoms with van der Waals surface area (Å²) >= 11 is 0. The summed E-state index contributed by atoms with van der Waals surface area (Å²) in [5.74, 6) is -8.13. The van der Waals surface area contributed by atoms with Crippen LogP contribution in [-0.2, 0) is 42.9 Å². The van der Waals surface area contributed by atoms with Gasteiger partial charge >= 0.3 is 23.9 Å². The molecule has 6 rings (SSSR count). The molecular weight excluding hydrogens is 624 g/mol. The van der Waals surface area contributed by atoms with Crippen molar-refractivity contribution in [2.75, 3.05) is 7.11 Å². The third kappa shape index (κ3) is 4.11. The van der Waals surface area contributed by atoms with Crippen molar-refractivity contribution < 1.29 is 57.5 Å². The van der Waals surface area contributed by atoms with E-state index < -0.39 is 105 Å². The number of furan rings is 1. The number of hydrogen-bond donors (Lipinski definition) is 2. The smallest absolute Gasteiger partial charge is 0.309 e. The predicted octanol–water partition coefficient (Wildman–Crippen LogP) is 4.25. The van der Waals surface area contributed by atoms with Crippen LogP contribution in [0.1, 0.15) is 99.2 Å². The van der Waals surface area contributed by atoms with Gasteiger partial charge in [-0.3, -0.25) is 19.2 Å². The normalized spacial score (nSPS) is 44.3. The van der Waals surface area contributed by atoms with Crippen LogP contribution in [0, 0.1) is 45.8 Å². The summed E-state index contributed by atoms with van der Waals surface area (Å²) in [5.41, 5.74) is -6.89. The van der Waals surface area contributed by atoms with E-state index in [9.17, 15) is 29.4 Å². The molecule has 0 unspecified atom stereocenters. The summed E-state index contributed by atoms with van der Waals surface area (Å²) in [6, 6.07) is 1.73. The van der Waals surface area contributed by atoms with E-state index in [2.05, 4.69) is 0 Å². The molecule has 4 heterocycles. The molecule has 1 aromatic heterocycles. The molecule has 3 saturated heterocycles. The van der Waals surface area contributed by atoms with Crippen LogP contribution in [0.25, 0.3) is 0 Å². The summed E-state index contributed by atoms with van der Waals surface area (Å²) in [4.78, 5) is 53.9. The average molecular weight is 675 g/mol. The third-order valence-electron chi connectivity index (χ3n) is 13.3. The lowest BCUT2D eigenvalue weighted by atomic mass is 9.35. The van der Waals surface area contributed by atoms with Crippen molar-refractivity contribution in [2.45, 2.75) is 123 Å². The van der Waals surface area contributed by atoms with Crippen molar-refractivity contribution in [2.24, 2.45) is 45.8 Å². The van der Waals surface area contributed by atoms with Crippen molar-refractivity contribution in [3.05, 3.63) is 24.2 Å². The summed E-state index contributed by atoms with van der Waals surface area (Å²) < 4.78 is 36.0. The second-order valence-electron chi connectivity index (χ2n) is 16.2. The van der Waals surface area contributed by atoms with Gasteiger partial charge in [-0.2, -0.15) is 0 Å². The molecule has 2 aliphatic carbocycles. The highest BCUT2D eigenvalue weighted by atomic mass is 16.7. The summed E-state index contributed by atoms with van der Waals surface area (Å²) in [6.07, 6.45) is 0.246. The first-order valence-electron chi connectivity index (χ1n) is 17.2. The summed E-state index contributed by atoms with van der Waals surface area (Å²) in [7, 11) is 1.28. The van der Waals surface area contributed by atoms with Gasteiger partial charge < -0.3 is 38.3 Å². The molecule has 5 fully saturated rings. The van der Waals surface area contributed by atoms with Crippen LogP contribution in [0.15, 0.2) is 23.0 Å². The standard InChI is InChI=1S/C36H50O12/c1-10-19(4)28(40)47-29-31(5,6)22(15-24(37)43-9)33(8)21-11-13-32(7)23(16-25(38)45-26(32)20-12-14-44-17-20)34(21)30(46-27(39)18(2)3)35(29,41)36(33,42)48-34/h12,14,17-19,21-23,26,29-30,41-42H,10-11,13,15-16H2,1-9H3/t19-,21-,22+,23-,26+,29+,30+,32-,33-,34-,35+,36-/m1/s1. The molecule has 0 radical (unpaired) electrons. The molecule has 0 aromatic carbocycles. The number of cyclic esters (lactones) is 1. The van der Waals surface area contributed by atoms with Crippen LogP contribution >= 0.6 is 0 Å². The Bertz CT molecular complexity index is 1490. The van der Waals surface area contributed by atoms with E-state index in [0.717, 1.165) is 0 Å². The number of rotatable bonds is 8. The Morgan fingerprint density at radius 1 is 1.02 bits per heavy atom. The number of aliphatic hydroxyl groups is 2. The summed E-state index contributed by atoms with van der Waals surface area (Å²) in [6.45, 7) is 14.2. The van der Waals surface area contributed by atoms with Crippen molar-refractivity contribution in [3.8, 4) is 0 Å². The number of hydrogen-bond acceptors (Lipinski definition) is 12. The fraction of sp³-hybridized carbons (Fsp3) is 0.778. The number of carbonyl (C=O) groups excluding carboxylic acids is 4. The third-order valence-corrected chi connectivity index (χ3v) is 13.3. The maximum atomic E-state index is 13.6. The van der Waals surface area contributed by atoms with Crippen LogP contribution in [0.5, 0.6) is 0 Å². The zero-order chi connectivity index (χ0) is 35.4. The molecule has 0 amide bonds. The van der Waals surface area contributed by atoms with E-state index in [1.807, 2.05) is 13.8 Å². The fourth-order valence-electron chi connectivity index (χ4n) is 10.8. The van der Waals surface area contributed by atoms with Crippen LogP contribution in [-0.4, -0.2) is 70.4 Å². The van der Waals surface area contributed by atoms with E-state index in [1.54, 1.807) is 47.6 Å². The molecule has 2 bridgehead atoms. The molecule has 5 aliphatic rings. The highest BCUT2D eigenvalue weighted by Crippen LogP contribution is 2.82. The molecule has 12 nitrogen and oxygen atoms in total. The largest absolute Gasteiger partial charge is 0.472 e. The quantitative estimate of drug-likeness (QED) is 0.298. The maximum absolute atomic E-state index is 13.6. The van der Waals surface area contributed by atoms with Crippen LogP contribution < -0.4 is 0 Å². The molecule has 1 aromatic rings. The van der Waals surface area contributed by atoms with Crippen LogP contribution in [0.4, 0.5) is 0 Å². The Morgan fingerprint density at radius 2 is 1.69 bits per heavy atom. The van der Waals surface area contributed by atoms with E-state index in [4.69, 9.17) is 28.1 Å². The molecule has 48 heavy (non-hydrogen) atoms. The lowest BCUT2D eigenvalue weighted by Gasteiger charge is -2.70. The van der Waals surface area contributed by atoms with E-state index in [-0.39, 0.29) is 12.8 Å². The SMILES string of the molecule is CC[C@@H](C)C(=O)O[C@H]1C(C)(C)[C@H](CC(=O)OC)[C@@]2(C)[C@H]3CC[C@]4(C)[C@@H](CC(=O)O[C@H]4c4ccoc4)[C@]34O[C@@]2(O)[C@@]1(O)[C@H]4OC(=O)C(C)C. The summed E-state index contributed by atoms with van der Waals surface area (Å²) in [5, 5.41) is 26.6.